The zero-order valence-electron chi connectivity index (χ0n) is 19.4. The van der Waals surface area contributed by atoms with Crippen LogP contribution < -0.4 is 10.5 Å². The highest BCUT2D eigenvalue weighted by molar-refractivity contribution is 9.10. The molecule has 5 rings (SSSR count). The molecule has 5 aromatic rings. The fourth-order valence-corrected chi connectivity index (χ4v) is 4.90. The van der Waals surface area contributed by atoms with Crippen molar-refractivity contribution in [3.8, 4) is 17.1 Å². The van der Waals surface area contributed by atoms with Gasteiger partial charge in [-0.05, 0) is 65.2 Å². The van der Waals surface area contributed by atoms with E-state index in [-0.39, 0.29) is 11.3 Å². The minimum absolute atomic E-state index is 0.276. The number of halogens is 2. The van der Waals surface area contributed by atoms with Crippen LogP contribution in [-0.2, 0) is 13.0 Å². The monoisotopic (exact) mass is 536 g/mol. The molecule has 3 aromatic heterocycles. The summed E-state index contributed by atoms with van der Waals surface area (Å²) in [5, 5.41) is 1.53. The van der Waals surface area contributed by atoms with E-state index < -0.39 is 11.9 Å². The van der Waals surface area contributed by atoms with Gasteiger partial charge in [0.05, 0.1) is 12.1 Å². The van der Waals surface area contributed by atoms with E-state index >= 15 is 0 Å². The Bertz CT molecular complexity index is 1620. The summed E-state index contributed by atoms with van der Waals surface area (Å²) in [7, 11) is 0. The summed E-state index contributed by atoms with van der Waals surface area (Å²) < 4.78 is 27.9. The number of nitrogens with two attached hydrogens (primary N) is 1. The number of carbonyl (C=O) groups excluding carboxylic acids is 1. The molecule has 0 saturated carbocycles. The molecule has 0 atom stereocenters. The van der Waals surface area contributed by atoms with Crippen molar-refractivity contribution in [2.45, 2.75) is 33.7 Å². The zero-order chi connectivity index (χ0) is 24.9. The highest BCUT2D eigenvalue weighted by Gasteiger charge is 2.22. The Morgan fingerprint density at radius 1 is 1.17 bits per heavy atom. The molecule has 178 valence electrons. The predicted molar refractivity (Wildman–Crippen MR) is 135 cm³/mol. The van der Waals surface area contributed by atoms with Gasteiger partial charge < -0.3 is 19.5 Å². The van der Waals surface area contributed by atoms with Gasteiger partial charge in [-0.1, -0.05) is 25.1 Å². The van der Waals surface area contributed by atoms with E-state index in [1.54, 1.807) is 6.07 Å². The molecule has 2 aromatic carbocycles. The number of amides is 1. The Morgan fingerprint density at radius 3 is 2.71 bits per heavy atom. The lowest BCUT2D eigenvalue weighted by molar-refractivity contribution is 0.209. The first-order chi connectivity index (χ1) is 16.8. The second-order valence-electron chi connectivity index (χ2n) is 8.34. The molecule has 0 radical (unpaired) electrons. The van der Waals surface area contributed by atoms with E-state index in [1.165, 1.54) is 12.1 Å². The van der Waals surface area contributed by atoms with Gasteiger partial charge in [-0.3, -0.25) is 0 Å². The van der Waals surface area contributed by atoms with Gasteiger partial charge in [-0.15, -0.1) is 0 Å². The third kappa shape index (κ3) is 4.05. The smallest absolute Gasteiger partial charge is 0.410 e. The number of imidazole rings is 1. The van der Waals surface area contributed by atoms with E-state index in [1.807, 2.05) is 38.1 Å². The van der Waals surface area contributed by atoms with Gasteiger partial charge in [-0.25, -0.2) is 19.2 Å². The van der Waals surface area contributed by atoms with Gasteiger partial charge in [0.2, 0.25) is 0 Å². The van der Waals surface area contributed by atoms with Crippen molar-refractivity contribution in [3.05, 3.63) is 75.6 Å². The summed E-state index contributed by atoms with van der Waals surface area (Å²) in [4.78, 5) is 20.9. The molecule has 9 heteroatoms. The molecular formula is C26H22BrFN4O3. The van der Waals surface area contributed by atoms with Crippen molar-refractivity contribution in [1.29, 1.82) is 0 Å². The summed E-state index contributed by atoms with van der Waals surface area (Å²) in [5.74, 6) is 0.336. The topological polar surface area (TPSA) is 96.2 Å². The average Bonchev–Trinajstić information content (AvgIpc) is 3.32. The normalized spacial score (nSPS) is 11.5. The van der Waals surface area contributed by atoms with E-state index in [0.717, 1.165) is 51.0 Å². The molecule has 0 spiro atoms. The van der Waals surface area contributed by atoms with Crippen LogP contribution in [0.15, 0.2) is 51.6 Å². The van der Waals surface area contributed by atoms with Gasteiger partial charge in [0.25, 0.3) is 0 Å². The van der Waals surface area contributed by atoms with Crippen molar-refractivity contribution in [1.82, 2.24) is 14.5 Å². The van der Waals surface area contributed by atoms with Crippen molar-refractivity contribution >= 4 is 44.0 Å². The van der Waals surface area contributed by atoms with E-state index in [2.05, 4.69) is 27.4 Å². The number of furan rings is 1. The Hall–Kier alpha value is -3.72. The number of aryl methyl sites for hydroxylation is 3. The lowest BCUT2D eigenvalue weighted by Gasteiger charge is -2.10. The van der Waals surface area contributed by atoms with Crippen LogP contribution in [0.3, 0.4) is 0 Å². The van der Waals surface area contributed by atoms with Crippen LogP contribution in [0.5, 0.6) is 5.75 Å². The second-order valence-corrected chi connectivity index (χ2v) is 9.06. The summed E-state index contributed by atoms with van der Waals surface area (Å²) in [6, 6.07) is 12.3. The number of ether oxygens (including phenoxy) is 1. The Labute approximate surface area is 208 Å². The summed E-state index contributed by atoms with van der Waals surface area (Å²) in [5.41, 5.74) is 10.3. The molecule has 0 saturated heterocycles. The number of fused-ring (bicyclic) bond motifs is 2. The maximum Gasteiger partial charge on any atom is 0.410 e. The zero-order valence-corrected chi connectivity index (χ0v) is 20.9. The standard InChI is InChI=1S/C26H22BrFN4O3/c1-4-20-31-21-13(2)10-14(3)30-25(21)32(20)12-15-8-9-16-18(11-15)24(27)34-22(16)17-6-5-7-19(28)23(17)35-26(29)33/h5-11H,4,12H2,1-3H3,(H2,29,33). The molecule has 0 unspecified atom stereocenters. The highest BCUT2D eigenvalue weighted by Crippen LogP contribution is 2.42. The number of carbonyl (C=O) groups is 1. The minimum Gasteiger partial charge on any atom is -0.448 e. The molecule has 35 heavy (non-hydrogen) atoms. The van der Waals surface area contributed by atoms with Crippen LogP contribution in [0.1, 0.15) is 29.6 Å². The maximum atomic E-state index is 14.4. The minimum atomic E-state index is -1.10. The van der Waals surface area contributed by atoms with Crippen molar-refractivity contribution in [2.24, 2.45) is 5.73 Å². The van der Waals surface area contributed by atoms with Crippen LogP contribution in [0, 0.1) is 19.7 Å². The van der Waals surface area contributed by atoms with Gasteiger partial charge in [-0.2, -0.15) is 0 Å². The average molecular weight is 537 g/mol. The lowest BCUT2D eigenvalue weighted by atomic mass is 10.0. The van der Waals surface area contributed by atoms with Gasteiger partial charge in [0, 0.05) is 22.9 Å². The molecule has 7 nitrogen and oxygen atoms in total. The van der Waals surface area contributed by atoms with Crippen molar-refractivity contribution in [3.63, 3.8) is 0 Å². The maximum absolute atomic E-state index is 14.4. The Balaban J connectivity index is 1.61. The van der Waals surface area contributed by atoms with E-state index in [4.69, 9.17) is 24.9 Å². The number of primary amides is 1. The number of pyridine rings is 1. The van der Waals surface area contributed by atoms with E-state index in [0.29, 0.717) is 17.0 Å². The largest absolute Gasteiger partial charge is 0.448 e. The molecule has 0 fully saturated rings. The van der Waals surface area contributed by atoms with Crippen LogP contribution in [0.25, 0.3) is 33.3 Å². The summed E-state index contributed by atoms with van der Waals surface area (Å²) >= 11 is 3.48. The highest BCUT2D eigenvalue weighted by atomic mass is 79.9. The SMILES string of the molecule is CCc1nc2c(C)cc(C)nc2n1Cc1ccc2c(-c3cccc(F)c3OC(N)=O)oc(Br)c2c1. The van der Waals surface area contributed by atoms with Crippen LogP contribution in [0.2, 0.25) is 0 Å². The van der Waals surface area contributed by atoms with Crippen molar-refractivity contribution < 1.29 is 18.3 Å². The van der Waals surface area contributed by atoms with Crippen LogP contribution in [0.4, 0.5) is 9.18 Å². The molecule has 0 bridgehead atoms. The van der Waals surface area contributed by atoms with Crippen LogP contribution in [-0.4, -0.2) is 20.6 Å². The molecule has 3 heterocycles. The first-order valence-corrected chi connectivity index (χ1v) is 11.9. The van der Waals surface area contributed by atoms with Crippen LogP contribution >= 0.6 is 15.9 Å². The fraction of sp³-hybridized carbons (Fsp3) is 0.192. The molecule has 1 amide bonds. The Morgan fingerprint density at radius 2 is 1.97 bits per heavy atom. The van der Waals surface area contributed by atoms with Gasteiger partial charge in [0.1, 0.15) is 17.1 Å². The molecular weight excluding hydrogens is 515 g/mol. The van der Waals surface area contributed by atoms with Gasteiger partial charge >= 0.3 is 6.09 Å². The number of aromatic nitrogens is 3. The number of nitrogens with zero attached hydrogens (tertiary/aromatic N) is 3. The third-order valence-corrected chi connectivity index (χ3v) is 6.49. The fourth-order valence-electron chi connectivity index (χ4n) is 4.41. The predicted octanol–water partition coefficient (Wildman–Crippen LogP) is 6.43. The number of hydrogen-bond acceptors (Lipinski definition) is 5. The number of rotatable bonds is 5. The lowest BCUT2D eigenvalue weighted by Crippen LogP contribution is -2.17. The first kappa shape index (κ1) is 23.0. The van der Waals surface area contributed by atoms with E-state index in [9.17, 15) is 9.18 Å². The molecule has 0 aliphatic rings. The first-order valence-electron chi connectivity index (χ1n) is 11.1. The van der Waals surface area contributed by atoms with Crippen molar-refractivity contribution in [2.75, 3.05) is 0 Å². The molecule has 2 N–H and O–H groups in total. The Kier molecular flexibility index (Phi) is 5.80. The second kappa shape index (κ2) is 8.81. The third-order valence-electron chi connectivity index (χ3n) is 5.90. The van der Waals surface area contributed by atoms with Gasteiger partial charge in [0.15, 0.2) is 21.9 Å². The molecule has 0 aliphatic carbocycles. The number of para-hydroxylation sites is 1. The summed E-state index contributed by atoms with van der Waals surface area (Å²) in [6.45, 7) is 6.68. The number of benzene rings is 2. The summed E-state index contributed by atoms with van der Waals surface area (Å²) in [6.07, 6.45) is -0.328. The quantitative estimate of drug-likeness (QED) is 0.279. The molecule has 0 aliphatic heterocycles. The number of hydrogen-bond donors (Lipinski definition) is 1.